The van der Waals surface area contributed by atoms with E-state index in [4.69, 9.17) is 0 Å². The third-order valence-electron chi connectivity index (χ3n) is 4.28. The number of carbonyl (C=O) groups is 1. The van der Waals surface area contributed by atoms with Gasteiger partial charge in [0.25, 0.3) is 0 Å². The van der Waals surface area contributed by atoms with Gasteiger partial charge in [0.05, 0.1) is 12.0 Å². The summed E-state index contributed by atoms with van der Waals surface area (Å²) in [6.45, 7) is 4.08. The van der Waals surface area contributed by atoms with Crippen molar-refractivity contribution >= 4 is 11.6 Å². The minimum absolute atomic E-state index is 0.0310. The average molecular weight is 231 g/mol. The molecule has 1 aliphatic carbocycles. The number of nitrogens with one attached hydrogen (secondary N) is 1. The van der Waals surface area contributed by atoms with Crippen LogP contribution in [0.2, 0.25) is 0 Å². The average Bonchev–Trinajstić information content (AvgIpc) is 3.06. The topological polar surface area (TPSA) is 49.3 Å². The quantitative estimate of drug-likeness (QED) is 0.817. The molecule has 90 valence electrons. The fourth-order valence-electron chi connectivity index (χ4n) is 2.59. The van der Waals surface area contributed by atoms with Gasteiger partial charge in [0.1, 0.15) is 0 Å². The van der Waals surface area contributed by atoms with Gasteiger partial charge in [-0.25, -0.2) is 0 Å². The van der Waals surface area contributed by atoms with Crippen LogP contribution in [0.4, 0.5) is 5.69 Å². The molecule has 3 heteroatoms. The lowest BCUT2D eigenvalue weighted by molar-refractivity contribution is -0.119. The summed E-state index contributed by atoms with van der Waals surface area (Å²) in [5, 5.41) is 12.4. The third kappa shape index (κ3) is 1.35. The van der Waals surface area contributed by atoms with E-state index in [-0.39, 0.29) is 17.9 Å². The number of amides is 1. The van der Waals surface area contributed by atoms with E-state index in [1.165, 1.54) is 5.56 Å². The summed E-state index contributed by atoms with van der Waals surface area (Å²) in [6.07, 6.45) is 2.09. The minimum Gasteiger partial charge on any atom is -0.395 e. The van der Waals surface area contributed by atoms with E-state index in [0.29, 0.717) is 0 Å². The standard InChI is InChI=1S/C14H17NO2/c1-13(2)10-7-9(14(8-16)5-6-14)3-4-11(10)15-12(13)17/h3-4,7,16H,5-6,8H2,1-2H3,(H,15,17). The van der Waals surface area contributed by atoms with Crippen molar-refractivity contribution in [1.29, 1.82) is 0 Å². The SMILES string of the molecule is CC1(C)C(=O)Nc2ccc(C3(CO)CC3)cc21. The summed E-state index contributed by atoms with van der Waals surface area (Å²) in [5.74, 6) is 0.0542. The fraction of sp³-hybridized carbons (Fsp3) is 0.500. The molecule has 1 aromatic rings. The van der Waals surface area contributed by atoms with Crippen LogP contribution in [-0.4, -0.2) is 17.6 Å². The van der Waals surface area contributed by atoms with Crippen molar-refractivity contribution in [2.75, 3.05) is 11.9 Å². The lowest BCUT2D eigenvalue weighted by Gasteiger charge is -2.18. The smallest absolute Gasteiger partial charge is 0.234 e. The maximum Gasteiger partial charge on any atom is 0.234 e. The van der Waals surface area contributed by atoms with Crippen molar-refractivity contribution in [3.8, 4) is 0 Å². The Morgan fingerprint density at radius 2 is 2.06 bits per heavy atom. The first kappa shape index (κ1) is 10.8. The van der Waals surface area contributed by atoms with E-state index in [9.17, 15) is 9.90 Å². The molecule has 1 fully saturated rings. The first-order valence-electron chi connectivity index (χ1n) is 6.07. The zero-order valence-electron chi connectivity index (χ0n) is 10.2. The van der Waals surface area contributed by atoms with E-state index in [2.05, 4.69) is 11.4 Å². The molecule has 2 N–H and O–H groups in total. The predicted octanol–water partition coefficient (Wildman–Crippen LogP) is 1.94. The lowest BCUT2D eigenvalue weighted by Crippen LogP contribution is -2.27. The molecule has 0 unspecified atom stereocenters. The van der Waals surface area contributed by atoms with Gasteiger partial charge in [-0.15, -0.1) is 0 Å². The van der Waals surface area contributed by atoms with Gasteiger partial charge >= 0.3 is 0 Å². The Labute approximate surface area is 101 Å². The highest BCUT2D eigenvalue weighted by Crippen LogP contribution is 2.49. The number of hydrogen-bond acceptors (Lipinski definition) is 2. The molecule has 17 heavy (non-hydrogen) atoms. The summed E-state index contributed by atoms with van der Waals surface area (Å²) in [6, 6.07) is 6.09. The molecule has 1 aliphatic heterocycles. The molecule has 1 aromatic carbocycles. The van der Waals surface area contributed by atoms with Gasteiger partial charge in [-0.1, -0.05) is 12.1 Å². The van der Waals surface area contributed by atoms with E-state index in [1.807, 2.05) is 26.0 Å². The Hall–Kier alpha value is -1.35. The number of rotatable bonds is 2. The van der Waals surface area contributed by atoms with Crippen LogP contribution in [0.1, 0.15) is 37.8 Å². The van der Waals surface area contributed by atoms with Gasteiger partial charge < -0.3 is 10.4 Å². The number of aliphatic hydroxyl groups is 1. The van der Waals surface area contributed by atoms with Gasteiger partial charge in [0.2, 0.25) is 5.91 Å². The van der Waals surface area contributed by atoms with E-state index in [1.54, 1.807) is 0 Å². The highest BCUT2D eigenvalue weighted by molar-refractivity contribution is 6.05. The molecule has 1 saturated carbocycles. The van der Waals surface area contributed by atoms with Crippen LogP contribution in [0.15, 0.2) is 18.2 Å². The fourth-order valence-corrected chi connectivity index (χ4v) is 2.59. The normalized spacial score (nSPS) is 23.1. The molecule has 2 aliphatic rings. The number of hydrogen-bond donors (Lipinski definition) is 2. The monoisotopic (exact) mass is 231 g/mol. The van der Waals surface area contributed by atoms with E-state index in [0.717, 1.165) is 24.1 Å². The van der Waals surface area contributed by atoms with Crippen LogP contribution in [0, 0.1) is 0 Å². The second-order valence-corrected chi connectivity index (χ2v) is 5.78. The molecule has 0 atom stereocenters. The number of fused-ring (bicyclic) bond motifs is 1. The van der Waals surface area contributed by atoms with Gasteiger partial charge in [-0.3, -0.25) is 4.79 Å². The van der Waals surface area contributed by atoms with Crippen LogP contribution in [0.3, 0.4) is 0 Å². The van der Waals surface area contributed by atoms with Gasteiger partial charge in [0, 0.05) is 11.1 Å². The Balaban J connectivity index is 2.09. The van der Waals surface area contributed by atoms with Crippen molar-refractivity contribution in [3.63, 3.8) is 0 Å². The highest BCUT2D eigenvalue weighted by Gasteiger charge is 2.45. The maximum absolute atomic E-state index is 11.8. The number of aliphatic hydroxyl groups excluding tert-OH is 1. The molecule has 0 spiro atoms. The van der Waals surface area contributed by atoms with Crippen molar-refractivity contribution < 1.29 is 9.90 Å². The summed E-state index contributed by atoms with van der Waals surface area (Å²) in [7, 11) is 0. The molecule has 1 heterocycles. The first-order valence-corrected chi connectivity index (χ1v) is 6.07. The number of anilines is 1. The highest BCUT2D eigenvalue weighted by atomic mass is 16.3. The predicted molar refractivity (Wildman–Crippen MR) is 66.1 cm³/mol. The maximum atomic E-state index is 11.8. The van der Waals surface area contributed by atoms with Crippen molar-refractivity contribution in [3.05, 3.63) is 29.3 Å². The van der Waals surface area contributed by atoms with Gasteiger partial charge in [-0.2, -0.15) is 0 Å². The molecule has 1 amide bonds. The number of carbonyl (C=O) groups excluding carboxylic acids is 1. The third-order valence-corrected chi connectivity index (χ3v) is 4.28. The number of benzene rings is 1. The molecular formula is C14H17NO2. The summed E-state index contributed by atoms with van der Waals surface area (Å²) in [5.41, 5.74) is 2.65. The second-order valence-electron chi connectivity index (χ2n) is 5.78. The summed E-state index contributed by atoms with van der Waals surface area (Å²) < 4.78 is 0. The van der Waals surface area contributed by atoms with Crippen molar-refractivity contribution in [2.24, 2.45) is 0 Å². The van der Waals surface area contributed by atoms with Gasteiger partial charge in [0.15, 0.2) is 0 Å². The second kappa shape index (κ2) is 3.10. The molecular weight excluding hydrogens is 214 g/mol. The molecule has 0 bridgehead atoms. The minimum atomic E-state index is -0.461. The Kier molecular flexibility index (Phi) is 1.97. The molecule has 0 aromatic heterocycles. The van der Waals surface area contributed by atoms with E-state index < -0.39 is 5.41 Å². The molecule has 3 rings (SSSR count). The summed E-state index contributed by atoms with van der Waals surface area (Å²) in [4.78, 5) is 11.8. The van der Waals surface area contributed by atoms with Crippen LogP contribution < -0.4 is 5.32 Å². The van der Waals surface area contributed by atoms with Crippen molar-refractivity contribution in [1.82, 2.24) is 0 Å². The Morgan fingerprint density at radius 1 is 1.35 bits per heavy atom. The zero-order valence-corrected chi connectivity index (χ0v) is 10.2. The van der Waals surface area contributed by atoms with Gasteiger partial charge in [-0.05, 0) is 43.9 Å². The van der Waals surface area contributed by atoms with Crippen LogP contribution >= 0.6 is 0 Å². The van der Waals surface area contributed by atoms with Crippen molar-refractivity contribution in [2.45, 2.75) is 37.5 Å². The van der Waals surface area contributed by atoms with Crippen LogP contribution in [0.5, 0.6) is 0 Å². The largest absolute Gasteiger partial charge is 0.395 e. The van der Waals surface area contributed by atoms with Crippen LogP contribution in [0.25, 0.3) is 0 Å². The van der Waals surface area contributed by atoms with Crippen LogP contribution in [-0.2, 0) is 15.6 Å². The zero-order chi connectivity index (χ0) is 12.3. The Morgan fingerprint density at radius 3 is 2.65 bits per heavy atom. The molecule has 0 radical (unpaired) electrons. The molecule has 0 saturated heterocycles. The summed E-state index contributed by atoms with van der Waals surface area (Å²) >= 11 is 0. The lowest BCUT2D eigenvalue weighted by atomic mass is 9.83. The van der Waals surface area contributed by atoms with E-state index >= 15 is 0 Å². The Bertz CT molecular complexity index is 501. The molecule has 3 nitrogen and oxygen atoms in total. The first-order chi connectivity index (χ1) is 7.99.